The van der Waals surface area contributed by atoms with E-state index in [4.69, 9.17) is 0 Å². The number of fused-ring (bicyclic) bond motifs is 1. The molecule has 3 heterocycles. The summed E-state index contributed by atoms with van der Waals surface area (Å²) in [5.41, 5.74) is 0.188. The van der Waals surface area contributed by atoms with Crippen molar-refractivity contribution in [3.63, 3.8) is 0 Å². The monoisotopic (exact) mass is 317 g/mol. The molecular formula is C15H19N5O3. The van der Waals surface area contributed by atoms with E-state index in [9.17, 15) is 14.4 Å². The Balaban J connectivity index is 1.74. The minimum Gasteiger partial charge on any atom is -0.345 e. The lowest BCUT2D eigenvalue weighted by Crippen LogP contribution is -2.66. The summed E-state index contributed by atoms with van der Waals surface area (Å²) in [6.07, 6.45) is 4.82. The fraction of sp³-hybridized carbons (Fsp3) is 0.533. The van der Waals surface area contributed by atoms with Crippen LogP contribution in [0.25, 0.3) is 0 Å². The number of amides is 3. The molecule has 0 radical (unpaired) electrons. The van der Waals surface area contributed by atoms with Gasteiger partial charge in [0.15, 0.2) is 0 Å². The van der Waals surface area contributed by atoms with Crippen molar-refractivity contribution in [1.29, 1.82) is 0 Å². The van der Waals surface area contributed by atoms with Crippen LogP contribution in [0.2, 0.25) is 0 Å². The van der Waals surface area contributed by atoms with E-state index in [1.54, 1.807) is 4.90 Å². The van der Waals surface area contributed by atoms with Gasteiger partial charge in [-0.25, -0.2) is 4.98 Å². The molecule has 0 bridgehead atoms. The number of nitrogens with one attached hydrogen (secondary N) is 2. The summed E-state index contributed by atoms with van der Waals surface area (Å²) in [4.78, 5) is 46.4. The van der Waals surface area contributed by atoms with Crippen LogP contribution in [-0.2, 0) is 9.59 Å². The average molecular weight is 317 g/mol. The molecule has 2 fully saturated rings. The summed E-state index contributed by atoms with van der Waals surface area (Å²) >= 11 is 0. The fourth-order valence-corrected chi connectivity index (χ4v) is 3.10. The van der Waals surface area contributed by atoms with E-state index in [2.05, 4.69) is 20.6 Å². The Morgan fingerprint density at radius 1 is 1.39 bits per heavy atom. The third-order valence-corrected chi connectivity index (χ3v) is 4.29. The van der Waals surface area contributed by atoms with E-state index in [1.807, 2.05) is 13.8 Å². The number of nitrogens with zero attached hydrogens (tertiary/aromatic N) is 3. The van der Waals surface area contributed by atoms with Crippen molar-refractivity contribution in [2.75, 3.05) is 6.54 Å². The maximum atomic E-state index is 12.5. The second-order valence-corrected chi connectivity index (χ2v) is 6.17. The molecule has 3 rings (SSSR count). The number of hydrogen-bond donors (Lipinski definition) is 2. The first-order valence-corrected chi connectivity index (χ1v) is 7.66. The van der Waals surface area contributed by atoms with E-state index >= 15 is 0 Å². The van der Waals surface area contributed by atoms with Crippen LogP contribution in [0.3, 0.4) is 0 Å². The Morgan fingerprint density at radius 2 is 2.17 bits per heavy atom. The summed E-state index contributed by atoms with van der Waals surface area (Å²) in [6.45, 7) is 4.25. The topological polar surface area (TPSA) is 104 Å². The van der Waals surface area contributed by atoms with Crippen LogP contribution in [0.1, 0.15) is 30.8 Å². The highest BCUT2D eigenvalue weighted by molar-refractivity contribution is 5.99. The van der Waals surface area contributed by atoms with Gasteiger partial charge in [0, 0.05) is 18.9 Å². The van der Waals surface area contributed by atoms with E-state index in [0.29, 0.717) is 13.0 Å². The van der Waals surface area contributed by atoms with Gasteiger partial charge in [-0.3, -0.25) is 19.4 Å². The number of rotatable bonds is 3. The number of piperazine rings is 1. The van der Waals surface area contributed by atoms with Crippen LogP contribution in [0.5, 0.6) is 0 Å². The lowest BCUT2D eigenvalue weighted by molar-refractivity contribution is -0.148. The number of carbonyl (C=O) groups is 3. The molecule has 2 aliphatic rings. The molecule has 2 aliphatic heterocycles. The molecule has 1 aromatic heterocycles. The Morgan fingerprint density at radius 3 is 2.83 bits per heavy atom. The van der Waals surface area contributed by atoms with Gasteiger partial charge in [0.2, 0.25) is 11.8 Å². The molecule has 0 unspecified atom stereocenters. The van der Waals surface area contributed by atoms with Crippen LogP contribution < -0.4 is 10.6 Å². The van der Waals surface area contributed by atoms with Crippen molar-refractivity contribution < 1.29 is 14.4 Å². The first-order chi connectivity index (χ1) is 11.0. The molecule has 0 spiro atoms. The number of aromatic nitrogens is 2. The van der Waals surface area contributed by atoms with Gasteiger partial charge in [0.05, 0.1) is 12.2 Å². The number of carbonyl (C=O) groups excluding carboxylic acids is 3. The summed E-state index contributed by atoms with van der Waals surface area (Å²) in [6, 6.07) is -1.56. The third-order valence-electron chi connectivity index (χ3n) is 4.29. The Labute approximate surface area is 133 Å². The molecule has 2 N–H and O–H groups in total. The predicted molar refractivity (Wildman–Crippen MR) is 80.2 cm³/mol. The van der Waals surface area contributed by atoms with Crippen LogP contribution in [-0.4, -0.2) is 57.3 Å². The first-order valence-electron chi connectivity index (χ1n) is 7.66. The van der Waals surface area contributed by atoms with Gasteiger partial charge in [0.1, 0.15) is 17.8 Å². The van der Waals surface area contributed by atoms with Crippen LogP contribution >= 0.6 is 0 Å². The highest BCUT2D eigenvalue weighted by Crippen LogP contribution is 2.25. The molecule has 3 amide bonds. The van der Waals surface area contributed by atoms with Crippen molar-refractivity contribution >= 4 is 17.7 Å². The summed E-state index contributed by atoms with van der Waals surface area (Å²) in [5.74, 6) is -0.664. The van der Waals surface area contributed by atoms with E-state index in [1.165, 1.54) is 18.6 Å². The Kier molecular flexibility index (Phi) is 3.97. The lowest BCUT2D eigenvalue weighted by atomic mass is 9.97. The van der Waals surface area contributed by atoms with Crippen molar-refractivity contribution in [3.8, 4) is 0 Å². The first kappa shape index (κ1) is 15.4. The zero-order valence-electron chi connectivity index (χ0n) is 13.0. The lowest BCUT2D eigenvalue weighted by Gasteiger charge is -2.37. The van der Waals surface area contributed by atoms with Gasteiger partial charge < -0.3 is 15.5 Å². The van der Waals surface area contributed by atoms with Crippen LogP contribution in [0, 0.1) is 5.92 Å². The zero-order valence-corrected chi connectivity index (χ0v) is 13.0. The van der Waals surface area contributed by atoms with Crippen molar-refractivity contribution in [2.24, 2.45) is 5.92 Å². The highest BCUT2D eigenvalue weighted by atomic mass is 16.2. The molecule has 3 atom stereocenters. The molecule has 122 valence electrons. The Bertz CT molecular complexity index is 633. The number of hydrogen-bond acceptors (Lipinski definition) is 5. The Hall–Kier alpha value is -2.51. The second-order valence-electron chi connectivity index (χ2n) is 6.17. The third kappa shape index (κ3) is 2.76. The fourth-order valence-electron chi connectivity index (χ4n) is 3.10. The molecule has 8 heteroatoms. The molecule has 0 aliphatic carbocycles. The second kappa shape index (κ2) is 5.94. The van der Waals surface area contributed by atoms with E-state index in [-0.39, 0.29) is 23.4 Å². The van der Waals surface area contributed by atoms with Gasteiger partial charge in [-0.1, -0.05) is 13.8 Å². The van der Waals surface area contributed by atoms with Gasteiger partial charge in [-0.2, -0.15) is 0 Å². The minimum absolute atomic E-state index is 0.0284. The van der Waals surface area contributed by atoms with Crippen LogP contribution in [0.4, 0.5) is 0 Å². The maximum Gasteiger partial charge on any atom is 0.271 e. The predicted octanol–water partition coefficient (Wildman–Crippen LogP) is -0.670. The smallest absolute Gasteiger partial charge is 0.271 e. The average Bonchev–Trinajstić information content (AvgIpc) is 2.96. The van der Waals surface area contributed by atoms with E-state index < -0.39 is 24.0 Å². The van der Waals surface area contributed by atoms with Crippen molar-refractivity contribution in [1.82, 2.24) is 25.5 Å². The quantitative estimate of drug-likeness (QED) is 0.769. The van der Waals surface area contributed by atoms with Gasteiger partial charge in [0.25, 0.3) is 5.91 Å². The molecule has 1 aromatic rings. The van der Waals surface area contributed by atoms with Gasteiger partial charge in [-0.15, -0.1) is 0 Å². The molecule has 8 nitrogen and oxygen atoms in total. The maximum absolute atomic E-state index is 12.5. The molecule has 0 aromatic carbocycles. The van der Waals surface area contributed by atoms with E-state index in [0.717, 1.165) is 0 Å². The molecular weight excluding hydrogens is 298 g/mol. The SMILES string of the molecule is CC(C)[C@@H]1NC(=O)[C@@H]2[C@@H](NC(=O)c3cnccn3)CCN2C1=O. The summed E-state index contributed by atoms with van der Waals surface area (Å²) in [7, 11) is 0. The van der Waals surface area contributed by atoms with Crippen molar-refractivity contribution in [2.45, 2.75) is 38.4 Å². The highest BCUT2D eigenvalue weighted by Gasteiger charge is 2.49. The zero-order chi connectivity index (χ0) is 16.6. The van der Waals surface area contributed by atoms with Gasteiger partial charge >= 0.3 is 0 Å². The minimum atomic E-state index is -0.655. The van der Waals surface area contributed by atoms with Crippen LogP contribution in [0.15, 0.2) is 18.6 Å². The standard InChI is InChI=1S/C15H19N5O3/c1-8(2)11-15(23)20-6-3-9(12(20)14(22)19-11)18-13(21)10-7-16-4-5-17-10/h4-5,7-9,11-12H,3,6H2,1-2H3,(H,18,21)(H,19,22)/t9-,11-,12-/m0/s1. The van der Waals surface area contributed by atoms with Gasteiger partial charge in [-0.05, 0) is 12.3 Å². The van der Waals surface area contributed by atoms with Crippen molar-refractivity contribution in [3.05, 3.63) is 24.3 Å². The summed E-state index contributed by atoms with van der Waals surface area (Å²) in [5, 5.41) is 5.56. The summed E-state index contributed by atoms with van der Waals surface area (Å²) < 4.78 is 0. The largest absolute Gasteiger partial charge is 0.345 e. The molecule has 0 saturated carbocycles. The normalized spacial score (nSPS) is 26.9. The molecule has 2 saturated heterocycles. The molecule has 23 heavy (non-hydrogen) atoms.